The molecule has 9 heteroatoms. The quantitative estimate of drug-likeness (QED) is 0.211. The van der Waals surface area contributed by atoms with Crippen LogP contribution in [0, 0.1) is 0 Å². The minimum Gasteiger partial charge on any atom is -0.507 e. The van der Waals surface area contributed by atoms with Crippen LogP contribution in [0.1, 0.15) is 31.0 Å². The number of hydrogen-bond donors (Lipinski definition) is 1. The highest BCUT2D eigenvalue weighted by Gasteiger charge is 2.47. The van der Waals surface area contributed by atoms with Gasteiger partial charge in [-0.1, -0.05) is 12.1 Å². The predicted molar refractivity (Wildman–Crippen MR) is 154 cm³/mol. The van der Waals surface area contributed by atoms with Crippen LogP contribution in [0.3, 0.4) is 0 Å². The van der Waals surface area contributed by atoms with Crippen molar-refractivity contribution in [2.75, 3.05) is 51.3 Å². The summed E-state index contributed by atoms with van der Waals surface area (Å²) in [5.41, 5.74) is 2.23. The number of aliphatic hydroxyl groups excluding tert-OH is 1. The first-order chi connectivity index (χ1) is 19.2. The highest BCUT2D eigenvalue weighted by Crippen LogP contribution is 2.45. The summed E-state index contributed by atoms with van der Waals surface area (Å²) in [4.78, 5) is 30.6. The standard InChI is InChI=1S/C31H34N2O7/c1-7-39-22-14-15-23(25(18-22)40-8-2)29(34)27-28(19-9-11-20(12-10-19)32(3)4)33(31(36)30(27)35)21-13-16-24(37-5)26(17-21)38-6/h9-18,28,34H,7-8H2,1-6H3/b29-27-. The number of carbonyl (C=O) groups excluding carboxylic acids is 2. The molecule has 0 aliphatic carbocycles. The average Bonchev–Trinajstić information content (AvgIpc) is 3.22. The number of benzene rings is 3. The van der Waals surface area contributed by atoms with E-state index in [0.29, 0.717) is 47.5 Å². The molecule has 1 aliphatic rings. The van der Waals surface area contributed by atoms with Gasteiger partial charge in [-0.25, -0.2) is 0 Å². The number of amides is 1. The van der Waals surface area contributed by atoms with Crippen molar-refractivity contribution in [3.63, 3.8) is 0 Å². The Labute approximate surface area is 234 Å². The fraction of sp³-hybridized carbons (Fsp3) is 0.290. The van der Waals surface area contributed by atoms with E-state index in [-0.39, 0.29) is 16.9 Å². The number of Topliss-reactive ketones (excluding diaryl/α,β-unsaturated/α-hetero) is 1. The minimum atomic E-state index is -0.921. The first-order valence-corrected chi connectivity index (χ1v) is 13.0. The first kappa shape index (κ1) is 28.4. The van der Waals surface area contributed by atoms with Gasteiger partial charge in [-0.3, -0.25) is 14.5 Å². The van der Waals surface area contributed by atoms with Crippen molar-refractivity contribution < 1.29 is 33.6 Å². The molecule has 0 saturated carbocycles. The number of aliphatic hydroxyl groups is 1. The van der Waals surface area contributed by atoms with E-state index < -0.39 is 17.7 Å². The minimum absolute atomic E-state index is 0.0532. The van der Waals surface area contributed by atoms with Gasteiger partial charge in [0.15, 0.2) is 11.5 Å². The van der Waals surface area contributed by atoms with E-state index in [9.17, 15) is 14.7 Å². The first-order valence-electron chi connectivity index (χ1n) is 13.0. The maximum absolute atomic E-state index is 13.6. The Morgan fingerprint density at radius 1 is 0.850 bits per heavy atom. The smallest absolute Gasteiger partial charge is 0.300 e. The Hall–Kier alpha value is -4.66. The van der Waals surface area contributed by atoms with Crippen LogP contribution in [0.5, 0.6) is 23.0 Å². The van der Waals surface area contributed by atoms with Gasteiger partial charge in [0.1, 0.15) is 17.3 Å². The Balaban J connectivity index is 1.95. The number of carbonyl (C=O) groups is 2. The van der Waals surface area contributed by atoms with Crippen molar-refractivity contribution in [3.8, 4) is 23.0 Å². The van der Waals surface area contributed by atoms with E-state index in [1.54, 1.807) is 36.4 Å². The number of anilines is 2. The number of rotatable bonds is 10. The molecule has 4 rings (SSSR count). The Bertz CT molecular complexity index is 1430. The van der Waals surface area contributed by atoms with Crippen molar-refractivity contribution in [1.82, 2.24) is 0 Å². The molecule has 1 fully saturated rings. The normalized spacial score (nSPS) is 16.1. The van der Waals surface area contributed by atoms with Crippen LogP contribution in [0.25, 0.3) is 5.76 Å². The monoisotopic (exact) mass is 546 g/mol. The van der Waals surface area contributed by atoms with Crippen molar-refractivity contribution in [3.05, 3.63) is 77.4 Å². The maximum atomic E-state index is 13.6. The van der Waals surface area contributed by atoms with Gasteiger partial charge >= 0.3 is 0 Å². The van der Waals surface area contributed by atoms with Crippen LogP contribution in [-0.4, -0.2) is 58.3 Å². The fourth-order valence-corrected chi connectivity index (χ4v) is 4.72. The molecule has 9 nitrogen and oxygen atoms in total. The molecule has 1 N–H and O–H groups in total. The lowest BCUT2D eigenvalue weighted by molar-refractivity contribution is -0.132. The molecule has 0 aromatic heterocycles. The van der Waals surface area contributed by atoms with Crippen LogP contribution in [0.4, 0.5) is 11.4 Å². The predicted octanol–water partition coefficient (Wildman–Crippen LogP) is 5.19. The second-order valence-corrected chi connectivity index (χ2v) is 9.22. The van der Waals surface area contributed by atoms with Gasteiger partial charge < -0.3 is 29.0 Å². The molecule has 1 atom stereocenters. The van der Waals surface area contributed by atoms with Crippen molar-refractivity contribution in [1.29, 1.82) is 0 Å². The van der Waals surface area contributed by atoms with Gasteiger partial charge in [-0.15, -0.1) is 0 Å². The van der Waals surface area contributed by atoms with E-state index in [2.05, 4.69) is 0 Å². The molecule has 1 heterocycles. The van der Waals surface area contributed by atoms with E-state index >= 15 is 0 Å². The average molecular weight is 547 g/mol. The molecule has 40 heavy (non-hydrogen) atoms. The summed E-state index contributed by atoms with van der Waals surface area (Å²) in [5.74, 6) is -0.160. The largest absolute Gasteiger partial charge is 0.507 e. The molecule has 0 bridgehead atoms. The van der Waals surface area contributed by atoms with E-state index in [0.717, 1.165) is 5.69 Å². The molecule has 1 amide bonds. The van der Waals surface area contributed by atoms with Crippen molar-refractivity contribution in [2.24, 2.45) is 0 Å². The molecule has 0 spiro atoms. The third kappa shape index (κ3) is 5.27. The number of ketones is 1. The van der Waals surface area contributed by atoms with E-state index in [4.69, 9.17) is 18.9 Å². The SMILES string of the molecule is CCOc1ccc(/C(O)=C2/C(=O)C(=O)N(c3ccc(OC)c(OC)c3)C2c2ccc(N(C)C)cc2)c(OCC)c1. The summed E-state index contributed by atoms with van der Waals surface area (Å²) < 4.78 is 22.2. The third-order valence-corrected chi connectivity index (χ3v) is 6.63. The molecule has 1 unspecified atom stereocenters. The molecule has 210 valence electrons. The van der Waals surface area contributed by atoms with Gasteiger partial charge in [0.05, 0.1) is 44.6 Å². The fourth-order valence-electron chi connectivity index (χ4n) is 4.72. The molecular formula is C31H34N2O7. The van der Waals surface area contributed by atoms with Crippen LogP contribution in [0.2, 0.25) is 0 Å². The van der Waals surface area contributed by atoms with Crippen LogP contribution in [-0.2, 0) is 9.59 Å². The number of nitrogens with zero attached hydrogens (tertiary/aromatic N) is 2. The van der Waals surface area contributed by atoms with Crippen molar-refractivity contribution in [2.45, 2.75) is 19.9 Å². The van der Waals surface area contributed by atoms with Crippen LogP contribution in [0.15, 0.2) is 66.2 Å². The van der Waals surface area contributed by atoms with Crippen LogP contribution >= 0.6 is 0 Å². The maximum Gasteiger partial charge on any atom is 0.300 e. The van der Waals surface area contributed by atoms with Gasteiger partial charge in [0, 0.05) is 37.6 Å². The molecular weight excluding hydrogens is 512 g/mol. The highest BCUT2D eigenvalue weighted by molar-refractivity contribution is 6.51. The molecule has 1 saturated heterocycles. The number of ether oxygens (including phenoxy) is 4. The second kappa shape index (κ2) is 12.0. The summed E-state index contributed by atoms with van der Waals surface area (Å²) in [6, 6.07) is 16.5. The number of methoxy groups -OCH3 is 2. The van der Waals surface area contributed by atoms with Gasteiger partial charge in [-0.05, 0) is 55.8 Å². The third-order valence-electron chi connectivity index (χ3n) is 6.63. The Morgan fingerprint density at radius 2 is 1.52 bits per heavy atom. The molecule has 3 aromatic rings. The zero-order valence-corrected chi connectivity index (χ0v) is 23.6. The second-order valence-electron chi connectivity index (χ2n) is 9.22. The molecule has 3 aromatic carbocycles. The van der Waals surface area contributed by atoms with Crippen molar-refractivity contribution >= 4 is 28.8 Å². The zero-order valence-electron chi connectivity index (χ0n) is 23.6. The molecule has 0 radical (unpaired) electrons. The topological polar surface area (TPSA) is 97.8 Å². The summed E-state index contributed by atoms with van der Waals surface area (Å²) in [5, 5.41) is 11.7. The van der Waals surface area contributed by atoms with E-state index in [1.165, 1.54) is 19.1 Å². The lowest BCUT2D eigenvalue weighted by Crippen LogP contribution is -2.29. The molecule has 1 aliphatic heterocycles. The highest BCUT2D eigenvalue weighted by atomic mass is 16.5. The summed E-state index contributed by atoms with van der Waals surface area (Å²) in [6.45, 7) is 4.46. The lowest BCUT2D eigenvalue weighted by Gasteiger charge is -2.26. The van der Waals surface area contributed by atoms with Gasteiger partial charge in [-0.2, -0.15) is 0 Å². The summed E-state index contributed by atoms with van der Waals surface area (Å²) in [6.07, 6.45) is 0. The van der Waals surface area contributed by atoms with Gasteiger partial charge in [0.25, 0.3) is 11.7 Å². The van der Waals surface area contributed by atoms with E-state index in [1.807, 2.05) is 57.1 Å². The zero-order chi connectivity index (χ0) is 29.0. The van der Waals surface area contributed by atoms with Gasteiger partial charge in [0.2, 0.25) is 0 Å². The number of hydrogen-bond acceptors (Lipinski definition) is 8. The Morgan fingerprint density at radius 3 is 2.12 bits per heavy atom. The summed E-state index contributed by atoms with van der Waals surface area (Å²) in [7, 11) is 6.86. The summed E-state index contributed by atoms with van der Waals surface area (Å²) >= 11 is 0. The van der Waals surface area contributed by atoms with Crippen LogP contribution < -0.4 is 28.7 Å². The lowest BCUT2D eigenvalue weighted by atomic mass is 9.94. The Kier molecular flexibility index (Phi) is 8.52.